The Kier molecular flexibility index (Phi) is 6.89. The van der Waals surface area contributed by atoms with Crippen molar-refractivity contribution in [2.45, 2.75) is 25.8 Å². The normalized spacial score (nSPS) is 11.5. The van der Waals surface area contributed by atoms with E-state index in [4.69, 9.17) is 4.42 Å². The van der Waals surface area contributed by atoms with Gasteiger partial charge in [0.25, 0.3) is 5.91 Å². The van der Waals surface area contributed by atoms with Crippen molar-refractivity contribution in [3.05, 3.63) is 60.1 Å². The van der Waals surface area contributed by atoms with Crippen molar-refractivity contribution in [2.75, 3.05) is 13.1 Å². The Hall–Kier alpha value is -2.76. The molecule has 0 radical (unpaired) electrons. The zero-order valence-corrected chi connectivity index (χ0v) is 13.7. The molecule has 0 spiro atoms. The van der Waals surface area contributed by atoms with E-state index in [0.29, 0.717) is 13.1 Å². The lowest BCUT2D eigenvalue weighted by Gasteiger charge is -2.14. The standard InChI is InChI=1S/C18H23N3O3/c1-14(9-10-15-6-3-2-4-7-15)21-18(23)20-12-11-19-17(22)16-8-5-13-24-16/h2-8,13-14H,9-12H2,1H3,(H,19,22)(H2,20,21,23)/t14-/m0/s1. The van der Waals surface area contributed by atoms with E-state index in [1.54, 1.807) is 12.1 Å². The lowest BCUT2D eigenvalue weighted by molar-refractivity contribution is 0.0926. The van der Waals surface area contributed by atoms with Crippen LogP contribution in [-0.2, 0) is 6.42 Å². The fourth-order valence-corrected chi connectivity index (χ4v) is 2.22. The molecule has 2 rings (SSSR count). The topological polar surface area (TPSA) is 83.4 Å². The van der Waals surface area contributed by atoms with Gasteiger partial charge in [0.05, 0.1) is 6.26 Å². The molecule has 0 aliphatic carbocycles. The van der Waals surface area contributed by atoms with Crippen molar-refractivity contribution in [2.24, 2.45) is 0 Å². The van der Waals surface area contributed by atoms with Crippen molar-refractivity contribution in [1.29, 1.82) is 0 Å². The first-order valence-corrected chi connectivity index (χ1v) is 8.05. The predicted molar refractivity (Wildman–Crippen MR) is 91.8 cm³/mol. The molecule has 128 valence electrons. The molecular weight excluding hydrogens is 306 g/mol. The highest BCUT2D eigenvalue weighted by Gasteiger charge is 2.09. The summed E-state index contributed by atoms with van der Waals surface area (Å²) in [7, 11) is 0. The summed E-state index contributed by atoms with van der Waals surface area (Å²) in [6.07, 6.45) is 3.23. The van der Waals surface area contributed by atoms with Crippen molar-refractivity contribution in [1.82, 2.24) is 16.0 Å². The number of amides is 3. The first-order valence-electron chi connectivity index (χ1n) is 8.05. The lowest BCUT2D eigenvalue weighted by atomic mass is 10.1. The van der Waals surface area contributed by atoms with Gasteiger partial charge in [0, 0.05) is 19.1 Å². The van der Waals surface area contributed by atoms with Gasteiger partial charge in [0.15, 0.2) is 5.76 Å². The zero-order chi connectivity index (χ0) is 17.2. The molecule has 1 aromatic heterocycles. The molecular formula is C18H23N3O3. The van der Waals surface area contributed by atoms with Crippen LogP contribution in [0.2, 0.25) is 0 Å². The van der Waals surface area contributed by atoms with E-state index in [1.807, 2.05) is 25.1 Å². The molecule has 0 fully saturated rings. The van der Waals surface area contributed by atoms with Gasteiger partial charge in [-0.15, -0.1) is 0 Å². The van der Waals surface area contributed by atoms with Gasteiger partial charge in [0.1, 0.15) is 0 Å². The van der Waals surface area contributed by atoms with Crippen LogP contribution in [0.15, 0.2) is 53.1 Å². The van der Waals surface area contributed by atoms with Gasteiger partial charge in [0.2, 0.25) is 0 Å². The third-order valence-electron chi connectivity index (χ3n) is 3.53. The van der Waals surface area contributed by atoms with Gasteiger partial charge < -0.3 is 20.4 Å². The van der Waals surface area contributed by atoms with Crippen LogP contribution in [0.25, 0.3) is 0 Å². The first-order chi connectivity index (χ1) is 11.6. The molecule has 6 nitrogen and oxygen atoms in total. The monoisotopic (exact) mass is 329 g/mol. The first kappa shape index (κ1) is 17.6. The van der Waals surface area contributed by atoms with E-state index in [-0.39, 0.29) is 23.7 Å². The van der Waals surface area contributed by atoms with Crippen LogP contribution < -0.4 is 16.0 Å². The summed E-state index contributed by atoms with van der Waals surface area (Å²) in [6, 6.07) is 13.2. The second-order valence-electron chi connectivity index (χ2n) is 5.56. The molecule has 0 saturated carbocycles. The van der Waals surface area contributed by atoms with Crippen LogP contribution in [0.3, 0.4) is 0 Å². The van der Waals surface area contributed by atoms with Crippen LogP contribution in [0, 0.1) is 0 Å². The predicted octanol–water partition coefficient (Wildman–Crippen LogP) is 2.33. The van der Waals surface area contributed by atoms with Gasteiger partial charge >= 0.3 is 6.03 Å². The largest absolute Gasteiger partial charge is 0.459 e. The van der Waals surface area contributed by atoms with Crippen LogP contribution in [0.5, 0.6) is 0 Å². The van der Waals surface area contributed by atoms with Crippen molar-refractivity contribution < 1.29 is 14.0 Å². The maximum Gasteiger partial charge on any atom is 0.315 e. The Morgan fingerprint density at radius 3 is 2.50 bits per heavy atom. The highest BCUT2D eigenvalue weighted by atomic mass is 16.3. The summed E-state index contributed by atoms with van der Waals surface area (Å²) in [5, 5.41) is 8.27. The van der Waals surface area contributed by atoms with Crippen molar-refractivity contribution >= 4 is 11.9 Å². The van der Waals surface area contributed by atoms with E-state index < -0.39 is 0 Å². The van der Waals surface area contributed by atoms with Crippen LogP contribution in [0.1, 0.15) is 29.5 Å². The number of furan rings is 1. The SMILES string of the molecule is C[C@@H](CCc1ccccc1)NC(=O)NCCNC(=O)c1ccco1. The summed E-state index contributed by atoms with van der Waals surface area (Å²) < 4.78 is 4.98. The molecule has 1 atom stereocenters. The smallest absolute Gasteiger partial charge is 0.315 e. The number of urea groups is 1. The Bertz CT molecular complexity index is 626. The number of hydrogen-bond donors (Lipinski definition) is 3. The third-order valence-corrected chi connectivity index (χ3v) is 3.53. The van der Waals surface area contributed by atoms with E-state index in [2.05, 4.69) is 28.1 Å². The molecule has 0 bridgehead atoms. The molecule has 6 heteroatoms. The molecule has 3 amide bonds. The summed E-state index contributed by atoms with van der Waals surface area (Å²) in [4.78, 5) is 23.4. The van der Waals surface area contributed by atoms with Crippen molar-refractivity contribution in [3.63, 3.8) is 0 Å². The molecule has 1 heterocycles. The van der Waals surface area contributed by atoms with Gasteiger partial charge in [-0.05, 0) is 37.5 Å². The number of benzene rings is 1. The minimum Gasteiger partial charge on any atom is -0.459 e. The summed E-state index contributed by atoms with van der Waals surface area (Å²) in [5.74, 6) is -0.0348. The maximum absolute atomic E-state index is 11.8. The van der Waals surface area contributed by atoms with E-state index in [1.165, 1.54) is 11.8 Å². The van der Waals surface area contributed by atoms with Gasteiger partial charge in [-0.3, -0.25) is 4.79 Å². The Balaban J connectivity index is 1.56. The number of carbonyl (C=O) groups excluding carboxylic acids is 2. The molecule has 0 saturated heterocycles. The van der Waals surface area contributed by atoms with Crippen LogP contribution in [0.4, 0.5) is 4.79 Å². The molecule has 0 aliphatic heterocycles. The summed E-state index contributed by atoms with van der Waals surface area (Å²) >= 11 is 0. The fourth-order valence-electron chi connectivity index (χ4n) is 2.22. The number of aryl methyl sites for hydroxylation is 1. The number of nitrogens with one attached hydrogen (secondary N) is 3. The highest BCUT2D eigenvalue weighted by molar-refractivity contribution is 5.91. The van der Waals surface area contributed by atoms with E-state index in [9.17, 15) is 9.59 Å². The van der Waals surface area contributed by atoms with Gasteiger partial charge in [-0.25, -0.2) is 4.79 Å². The average Bonchev–Trinajstić information content (AvgIpc) is 3.12. The zero-order valence-electron chi connectivity index (χ0n) is 13.7. The minimum absolute atomic E-state index is 0.0721. The Morgan fingerprint density at radius 2 is 1.79 bits per heavy atom. The number of carbonyl (C=O) groups is 2. The number of rotatable bonds is 8. The summed E-state index contributed by atoms with van der Waals surface area (Å²) in [6.45, 7) is 2.66. The third kappa shape index (κ3) is 6.16. The quantitative estimate of drug-likeness (QED) is 0.650. The Morgan fingerprint density at radius 1 is 1.04 bits per heavy atom. The highest BCUT2D eigenvalue weighted by Crippen LogP contribution is 2.04. The maximum atomic E-state index is 11.8. The number of hydrogen-bond acceptors (Lipinski definition) is 3. The average molecular weight is 329 g/mol. The van der Waals surface area contributed by atoms with Crippen LogP contribution in [-0.4, -0.2) is 31.1 Å². The molecule has 3 N–H and O–H groups in total. The molecule has 0 unspecified atom stereocenters. The second kappa shape index (κ2) is 9.39. The summed E-state index contributed by atoms with van der Waals surface area (Å²) in [5.41, 5.74) is 1.26. The molecule has 1 aromatic carbocycles. The van der Waals surface area contributed by atoms with Crippen LogP contribution >= 0.6 is 0 Å². The van der Waals surface area contributed by atoms with Crippen molar-refractivity contribution in [3.8, 4) is 0 Å². The Labute approximate surface area is 141 Å². The molecule has 24 heavy (non-hydrogen) atoms. The van der Waals surface area contributed by atoms with Gasteiger partial charge in [-0.1, -0.05) is 30.3 Å². The minimum atomic E-state index is -0.293. The molecule has 0 aliphatic rings. The lowest BCUT2D eigenvalue weighted by Crippen LogP contribution is -2.43. The van der Waals surface area contributed by atoms with Gasteiger partial charge in [-0.2, -0.15) is 0 Å². The van der Waals surface area contributed by atoms with E-state index in [0.717, 1.165) is 12.8 Å². The fraction of sp³-hybridized carbons (Fsp3) is 0.333. The van der Waals surface area contributed by atoms with E-state index >= 15 is 0 Å². The second-order valence-corrected chi connectivity index (χ2v) is 5.56. The molecule has 2 aromatic rings.